The zero-order chi connectivity index (χ0) is 15.4. The summed E-state index contributed by atoms with van der Waals surface area (Å²) in [6, 6.07) is 5.37. The van der Waals surface area contributed by atoms with E-state index in [0.717, 1.165) is 18.6 Å². The van der Waals surface area contributed by atoms with Crippen LogP contribution in [0.3, 0.4) is 0 Å². The number of aromatic nitrogens is 1. The summed E-state index contributed by atoms with van der Waals surface area (Å²) in [5.74, 6) is 0.702. The number of amides is 1. The van der Waals surface area contributed by atoms with Crippen LogP contribution in [0, 0.1) is 0 Å². The van der Waals surface area contributed by atoms with Gasteiger partial charge in [-0.2, -0.15) is 0 Å². The van der Waals surface area contributed by atoms with Gasteiger partial charge in [-0.05, 0) is 39.1 Å². The van der Waals surface area contributed by atoms with Gasteiger partial charge in [0.2, 0.25) is 11.8 Å². The van der Waals surface area contributed by atoms with Gasteiger partial charge in [0.25, 0.3) is 0 Å². The van der Waals surface area contributed by atoms with Crippen molar-refractivity contribution in [2.24, 2.45) is 0 Å². The first-order chi connectivity index (χ1) is 10.0. The lowest BCUT2D eigenvalue weighted by Crippen LogP contribution is -2.38. The third-order valence-electron chi connectivity index (χ3n) is 3.38. The number of carbonyl (C=O) groups excluding carboxylic acids is 1. The van der Waals surface area contributed by atoms with Crippen LogP contribution < -0.4 is 5.73 Å². The molecule has 0 aliphatic carbocycles. The maximum atomic E-state index is 12.0. The van der Waals surface area contributed by atoms with Crippen LogP contribution in [0.15, 0.2) is 22.6 Å². The molecule has 0 saturated heterocycles. The van der Waals surface area contributed by atoms with E-state index < -0.39 is 0 Å². The quantitative estimate of drug-likeness (QED) is 0.820. The molecule has 114 valence electrons. The smallest absolute Gasteiger partial charge is 0.236 e. The highest BCUT2D eigenvalue weighted by molar-refractivity contribution is 5.78. The molecule has 0 atom stereocenters. The molecule has 1 amide bonds. The molecule has 21 heavy (non-hydrogen) atoms. The Morgan fingerprint density at radius 2 is 2.05 bits per heavy atom. The third kappa shape index (κ3) is 3.72. The van der Waals surface area contributed by atoms with Gasteiger partial charge in [-0.3, -0.25) is 9.69 Å². The van der Waals surface area contributed by atoms with Crippen molar-refractivity contribution in [2.75, 3.05) is 32.4 Å². The van der Waals surface area contributed by atoms with E-state index in [1.54, 1.807) is 12.1 Å². The lowest BCUT2D eigenvalue weighted by Gasteiger charge is -2.22. The number of carbonyl (C=O) groups is 1. The molecule has 0 aliphatic heterocycles. The van der Waals surface area contributed by atoms with Crippen LogP contribution in [0.2, 0.25) is 0 Å². The maximum absolute atomic E-state index is 12.0. The largest absolute Gasteiger partial charge is 0.439 e. The predicted molar refractivity (Wildman–Crippen MR) is 82.7 cm³/mol. The van der Waals surface area contributed by atoms with Gasteiger partial charge in [0, 0.05) is 18.8 Å². The molecule has 1 aromatic carbocycles. The molecule has 2 N–H and O–H groups in total. The molecule has 1 aromatic heterocycles. The fraction of sp³-hybridized carbons (Fsp3) is 0.467. The van der Waals surface area contributed by atoms with Crippen LogP contribution in [0.4, 0.5) is 5.69 Å². The first-order valence-electron chi connectivity index (χ1n) is 7.14. The summed E-state index contributed by atoms with van der Waals surface area (Å²) in [5, 5.41) is 0. The Morgan fingerprint density at radius 3 is 2.71 bits per heavy atom. The number of rotatable bonds is 6. The molecule has 0 fully saturated rings. The summed E-state index contributed by atoms with van der Waals surface area (Å²) in [5.41, 5.74) is 7.84. The molecule has 6 heteroatoms. The van der Waals surface area contributed by atoms with Gasteiger partial charge in [0.15, 0.2) is 5.58 Å². The number of hydrogen-bond acceptors (Lipinski definition) is 5. The van der Waals surface area contributed by atoms with E-state index in [2.05, 4.69) is 4.98 Å². The maximum Gasteiger partial charge on any atom is 0.236 e. The fourth-order valence-corrected chi connectivity index (χ4v) is 2.25. The van der Waals surface area contributed by atoms with Crippen LogP contribution in [0.1, 0.15) is 19.7 Å². The van der Waals surface area contributed by atoms with E-state index in [-0.39, 0.29) is 5.91 Å². The number of oxazole rings is 1. The normalized spacial score (nSPS) is 11.2. The van der Waals surface area contributed by atoms with Gasteiger partial charge in [0.1, 0.15) is 5.52 Å². The molecular formula is C15H22N4O2. The minimum atomic E-state index is 0.114. The summed E-state index contributed by atoms with van der Waals surface area (Å²) in [4.78, 5) is 20.1. The van der Waals surface area contributed by atoms with E-state index >= 15 is 0 Å². The zero-order valence-electron chi connectivity index (χ0n) is 12.8. The van der Waals surface area contributed by atoms with Crippen LogP contribution in [0.25, 0.3) is 11.1 Å². The van der Waals surface area contributed by atoms with Gasteiger partial charge in [0.05, 0.1) is 13.1 Å². The van der Waals surface area contributed by atoms with Crippen molar-refractivity contribution in [1.82, 2.24) is 14.8 Å². The third-order valence-corrected chi connectivity index (χ3v) is 3.38. The molecule has 0 radical (unpaired) electrons. The number of nitrogens with zero attached hydrogens (tertiary/aromatic N) is 3. The molecule has 0 unspecified atom stereocenters. The van der Waals surface area contributed by atoms with Crippen LogP contribution in [-0.2, 0) is 11.3 Å². The highest BCUT2D eigenvalue weighted by atomic mass is 16.3. The first-order valence-corrected chi connectivity index (χ1v) is 7.14. The SMILES string of the molecule is CCN(CC)C(=O)CN(C)Cc1nc2cc(N)ccc2o1. The summed E-state index contributed by atoms with van der Waals surface area (Å²) < 4.78 is 5.66. The lowest BCUT2D eigenvalue weighted by molar-refractivity contribution is -0.131. The highest BCUT2D eigenvalue weighted by Crippen LogP contribution is 2.18. The van der Waals surface area contributed by atoms with E-state index in [1.807, 2.05) is 36.8 Å². The summed E-state index contributed by atoms with van der Waals surface area (Å²) in [7, 11) is 1.88. The van der Waals surface area contributed by atoms with Gasteiger partial charge in [-0.15, -0.1) is 0 Å². The molecule has 0 aliphatic rings. The molecule has 1 heterocycles. The Balaban J connectivity index is 2.00. The first kappa shape index (κ1) is 15.3. The van der Waals surface area contributed by atoms with Gasteiger partial charge < -0.3 is 15.1 Å². The molecule has 6 nitrogen and oxygen atoms in total. The van der Waals surface area contributed by atoms with E-state index in [0.29, 0.717) is 30.3 Å². The van der Waals surface area contributed by atoms with Crippen molar-refractivity contribution in [1.29, 1.82) is 0 Å². The minimum Gasteiger partial charge on any atom is -0.439 e. The average molecular weight is 290 g/mol. The summed E-state index contributed by atoms with van der Waals surface area (Å²) in [6.45, 7) is 6.25. The van der Waals surface area contributed by atoms with Crippen molar-refractivity contribution in [3.63, 3.8) is 0 Å². The Bertz CT molecular complexity index is 619. The number of anilines is 1. The minimum absolute atomic E-state index is 0.114. The van der Waals surface area contributed by atoms with E-state index in [4.69, 9.17) is 10.2 Å². The number of nitrogens with two attached hydrogens (primary N) is 1. The molecule has 0 saturated carbocycles. The Kier molecular flexibility index (Phi) is 4.80. The second kappa shape index (κ2) is 6.58. The fourth-order valence-electron chi connectivity index (χ4n) is 2.25. The van der Waals surface area contributed by atoms with E-state index in [9.17, 15) is 4.79 Å². The average Bonchev–Trinajstić information content (AvgIpc) is 2.80. The van der Waals surface area contributed by atoms with Crippen LogP contribution in [0.5, 0.6) is 0 Å². The Hall–Kier alpha value is -2.08. The van der Waals surface area contributed by atoms with Crippen LogP contribution in [-0.4, -0.2) is 47.4 Å². The van der Waals surface area contributed by atoms with Crippen LogP contribution >= 0.6 is 0 Å². The molecular weight excluding hydrogens is 268 g/mol. The number of likely N-dealkylation sites (N-methyl/N-ethyl adjacent to an activating group) is 2. The second-order valence-corrected chi connectivity index (χ2v) is 5.07. The van der Waals surface area contributed by atoms with Crippen molar-refractivity contribution < 1.29 is 9.21 Å². The molecule has 0 bridgehead atoms. The van der Waals surface area contributed by atoms with Crippen molar-refractivity contribution in [3.8, 4) is 0 Å². The van der Waals surface area contributed by atoms with Crippen molar-refractivity contribution >= 4 is 22.7 Å². The summed E-state index contributed by atoms with van der Waals surface area (Å²) in [6.07, 6.45) is 0. The van der Waals surface area contributed by atoms with Gasteiger partial charge >= 0.3 is 0 Å². The number of fused-ring (bicyclic) bond motifs is 1. The number of benzene rings is 1. The van der Waals surface area contributed by atoms with Crippen molar-refractivity contribution in [3.05, 3.63) is 24.1 Å². The molecule has 0 spiro atoms. The monoisotopic (exact) mass is 290 g/mol. The second-order valence-electron chi connectivity index (χ2n) is 5.07. The highest BCUT2D eigenvalue weighted by Gasteiger charge is 2.14. The van der Waals surface area contributed by atoms with E-state index in [1.165, 1.54) is 0 Å². The predicted octanol–water partition coefficient (Wildman–Crippen LogP) is 1.71. The zero-order valence-corrected chi connectivity index (χ0v) is 12.8. The standard InChI is InChI=1S/C15H22N4O2/c1-4-19(5-2)15(20)10-18(3)9-14-17-12-8-11(16)6-7-13(12)21-14/h6-8H,4-5,9-10,16H2,1-3H3. The lowest BCUT2D eigenvalue weighted by atomic mass is 10.3. The summed E-state index contributed by atoms with van der Waals surface area (Å²) >= 11 is 0. The Labute approximate surface area is 124 Å². The topological polar surface area (TPSA) is 75.6 Å². The Morgan fingerprint density at radius 1 is 1.33 bits per heavy atom. The van der Waals surface area contributed by atoms with Crippen molar-refractivity contribution in [2.45, 2.75) is 20.4 Å². The molecule has 2 aromatic rings. The number of nitrogen functional groups attached to an aromatic ring is 1. The molecule has 2 rings (SSSR count). The number of hydrogen-bond donors (Lipinski definition) is 1. The van der Waals surface area contributed by atoms with Gasteiger partial charge in [-0.1, -0.05) is 0 Å². The van der Waals surface area contributed by atoms with Gasteiger partial charge in [-0.25, -0.2) is 4.98 Å².